The normalized spacial score (nSPS) is 25.9. The van der Waals surface area contributed by atoms with Gasteiger partial charge in [-0.3, -0.25) is 43.2 Å². The van der Waals surface area contributed by atoms with Crippen LogP contribution in [0.1, 0.15) is 96.0 Å². The number of aliphatic hydroxyl groups is 1. The fraction of sp³-hybridized carbons (Fsp3) is 0.712. The monoisotopic (exact) mass is 1390 g/mol. The molecule has 98 heavy (non-hydrogen) atoms. The van der Waals surface area contributed by atoms with Crippen molar-refractivity contribution in [3.63, 3.8) is 0 Å². The van der Waals surface area contributed by atoms with E-state index in [-0.39, 0.29) is 114 Å². The number of primary amides is 1. The summed E-state index contributed by atoms with van der Waals surface area (Å²) in [6.45, 7) is 2.94. The Balaban J connectivity index is 0.000000279. The van der Waals surface area contributed by atoms with Crippen LogP contribution >= 0.6 is 0 Å². The average molecular weight is 1390 g/mol. The number of likely N-dealkylation sites (tertiary alicyclic amines) is 4. The molecule has 0 radical (unpaired) electrons. The van der Waals surface area contributed by atoms with Gasteiger partial charge in [0.2, 0.25) is 29.5 Å². The van der Waals surface area contributed by atoms with Crippen molar-refractivity contribution in [1.29, 1.82) is 0 Å². The zero-order valence-corrected chi connectivity index (χ0v) is 55.5. The second-order valence-electron chi connectivity index (χ2n) is 26.7. The van der Waals surface area contributed by atoms with E-state index in [4.69, 9.17) is 85.1 Å². The Kier molecular flexibility index (Phi) is 32.9. The zero-order chi connectivity index (χ0) is 73.6. The van der Waals surface area contributed by atoms with Gasteiger partial charge in [-0.1, -0.05) is 50.8 Å². The molecule has 5 aliphatic heterocycles. The van der Waals surface area contributed by atoms with Crippen molar-refractivity contribution in [3.05, 3.63) is 36.0 Å². The summed E-state index contributed by atoms with van der Waals surface area (Å²) in [5.74, 6) is -9.08. The Hall–Kier alpha value is -6.39. The maximum absolute atomic E-state index is 12.9. The summed E-state index contributed by atoms with van der Waals surface area (Å²) in [4.78, 5) is 116. The first-order valence-corrected chi connectivity index (χ1v) is 33.1. The Morgan fingerprint density at radius 1 is 0.582 bits per heavy atom. The minimum absolute atomic E-state index is 0.00991. The number of nitrogens with zero attached hydrogens (tertiary/aromatic N) is 4. The number of carbonyl (C=O) groups is 9. The van der Waals surface area contributed by atoms with Crippen molar-refractivity contribution in [2.45, 2.75) is 156 Å². The number of hydrogen-bond acceptors (Lipinski definition) is 25. The van der Waals surface area contributed by atoms with Gasteiger partial charge >= 0.3 is 52.4 Å². The van der Waals surface area contributed by atoms with Gasteiger partial charge in [0.25, 0.3) is 0 Å². The van der Waals surface area contributed by atoms with E-state index in [1.165, 1.54) is 19.6 Å². The van der Waals surface area contributed by atoms with Crippen molar-refractivity contribution in [3.8, 4) is 0 Å². The molecule has 5 saturated heterocycles. The number of para-hydroxylation sites is 1. The van der Waals surface area contributed by atoms with Gasteiger partial charge in [-0.05, 0) is 94.7 Å². The highest BCUT2D eigenvalue weighted by molar-refractivity contribution is 6.41. The van der Waals surface area contributed by atoms with Crippen molar-refractivity contribution < 1.29 is 114 Å². The molecular formula is C59H102B4N12O23. The SMILES string of the molecule is CC[C@@H](CO)C(=O)N1C[C@H](CCCB(O)O)[C@](N)(C(=O)O)C1.NC(=O)CC[C@H](N)C(=O)N1C[C@H](CCCB(O)O)[C@](N)(C(=O)O)C1.N[C@@H](Cc1c[nH]c2ccccc12)C(=O)N1C[C@H](CCCB(O)O)[C@](N)(C(=O)O)C1.N[C@@]1(C(=O)O)CN(C(=O)[C@H]2CCCOC2)C[C@@H]1CCCB(O)O. The number of ether oxygens (including phenoxy) is 1. The first kappa shape index (κ1) is 84.0. The molecule has 0 saturated carbocycles. The summed E-state index contributed by atoms with van der Waals surface area (Å²) in [6, 6.07) is 5.96. The van der Waals surface area contributed by atoms with E-state index in [2.05, 4.69) is 4.98 Å². The lowest BCUT2D eigenvalue weighted by Gasteiger charge is -2.27. The van der Waals surface area contributed by atoms with E-state index in [0.717, 1.165) is 29.3 Å². The van der Waals surface area contributed by atoms with Crippen molar-refractivity contribution >= 4 is 92.8 Å². The molecule has 0 spiro atoms. The topological polar surface area (TPSA) is 637 Å². The second kappa shape index (κ2) is 38.4. The number of carboxylic acids is 4. The fourth-order valence-corrected chi connectivity index (χ4v) is 13.3. The number of nitrogens with one attached hydrogen (secondary N) is 1. The summed E-state index contributed by atoms with van der Waals surface area (Å²) < 4.78 is 5.33. The highest BCUT2D eigenvalue weighted by Crippen LogP contribution is 2.36. The molecule has 2 aromatic rings. The molecule has 0 aliphatic carbocycles. The first-order valence-electron chi connectivity index (χ1n) is 33.1. The third kappa shape index (κ3) is 23.1. The number of benzene rings is 1. The summed E-state index contributed by atoms with van der Waals surface area (Å²) in [7, 11) is -5.76. The van der Waals surface area contributed by atoms with Crippen molar-refractivity contribution in [2.24, 2.45) is 75.6 Å². The van der Waals surface area contributed by atoms with Crippen LogP contribution in [0.3, 0.4) is 0 Å². The van der Waals surface area contributed by atoms with Gasteiger partial charge in [-0.2, -0.15) is 0 Å². The number of rotatable bonds is 31. The maximum Gasteiger partial charge on any atom is 0.451 e. The number of aromatic nitrogens is 1. The van der Waals surface area contributed by atoms with Crippen LogP contribution in [0.4, 0.5) is 0 Å². The average Bonchev–Trinajstić information content (AvgIpc) is 1.66. The number of hydrogen-bond donors (Lipinski definition) is 21. The Bertz CT molecular complexity index is 2970. The molecule has 12 atom stereocenters. The lowest BCUT2D eigenvalue weighted by molar-refractivity contribution is -0.146. The third-order valence-corrected chi connectivity index (χ3v) is 19.4. The van der Waals surface area contributed by atoms with E-state index >= 15 is 0 Å². The van der Waals surface area contributed by atoms with Gasteiger partial charge in [-0.25, -0.2) is 0 Å². The highest BCUT2D eigenvalue weighted by Gasteiger charge is 2.55. The number of H-pyrrole nitrogens is 1. The molecule has 5 fully saturated rings. The van der Waals surface area contributed by atoms with Crippen LogP contribution < -0.4 is 40.1 Å². The summed E-state index contributed by atoms with van der Waals surface area (Å²) in [5, 5.41) is 119. The zero-order valence-electron chi connectivity index (χ0n) is 55.5. The predicted molar refractivity (Wildman–Crippen MR) is 356 cm³/mol. The summed E-state index contributed by atoms with van der Waals surface area (Å²) >= 11 is 0. The summed E-state index contributed by atoms with van der Waals surface area (Å²) in [6.07, 6.45) is 7.92. The lowest BCUT2D eigenvalue weighted by atomic mass is 9.78. The number of fused-ring (bicyclic) bond motifs is 1. The van der Waals surface area contributed by atoms with Crippen LogP contribution in [0, 0.1) is 35.5 Å². The Labute approximate surface area is 569 Å². The van der Waals surface area contributed by atoms with Crippen LogP contribution in [0.5, 0.6) is 0 Å². The number of nitrogens with two attached hydrogens (primary N) is 7. The molecule has 1 aromatic heterocycles. The number of carboxylic acid groups (broad SMARTS) is 4. The number of amides is 5. The van der Waals surface area contributed by atoms with Crippen molar-refractivity contribution in [1.82, 2.24) is 24.6 Å². The molecule has 548 valence electrons. The molecule has 39 heteroatoms. The van der Waals surface area contributed by atoms with Crippen LogP contribution in [0.15, 0.2) is 30.5 Å². The van der Waals surface area contributed by atoms with Gasteiger partial charge in [0.15, 0.2) is 0 Å². The Morgan fingerprint density at radius 2 is 0.959 bits per heavy atom. The van der Waals surface area contributed by atoms with Gasteiger partial charge < -0.3 is 135 Å². The van der Waals surface area contributed by atoms with E-state index in [0.29, 0.717) is 84.0 Å². The van der Waals surface area contributed by atoms with Gasteiger partial charge in [0, 0.05) is 106 Å². The van der Waals surface area contributed by atoms with Crippen LogP contribution in [-0.2, 0) is 54.3 Å². The second-order valence-corrected chi connectivity index (χ2v) is 26.7. The molecule has 35 nitrogen and oxygen atoms in total. The molecule has 28 N–H and O–H groups in total. The summed E-state index contributed by atoms with van der Waals surface area (Å²) in [5.41, 5.74) is 36.8. The van der Waals surface area contributed by atoms with E-state index < -0.39 is 128 Å². The molecule has 1 aromatic carbocycles. The number of aromatic amines is 1. The van der Waals surface area contributed by atoms with E-state index in [9.17, 15) is 68.7 Å². The van der Waals surface area contributed by atoms with E-state index in [1.54, 1.807) is 6.92 Å². The van der Waals surface area contributed by atoms with Crippen LogP contribution in [-0.4, -0.2) is 279 Å². The molecule has 5 amide bonds. The molecular weight excluding hydrogens is 1290 g/mol. The highest BCUT2D eigenvalue weighted by atomic mass is 16.5. The fourth-order valence-electron chi connectivity index (χ4n) is 13.3. The van der Waals surface area contributed by atoms with E-state index in [1.807, 2.05) is 30.5 Å². The third-order valence-electron chi connectivity index (χ3n) is 19.4. The minimum Gasteiger partial charge on any atom is -0.480 e. The molecule has 7 rings (SSSR count). The smallest absolute Gasteiger partial charge is 0.451 e. The lowest BCUT2D eigenvalue weighted by Crippen LogP contribution is -2.55. The van der Waals surface area contributed by atoms with Crippen LogP contribution in [0.25, 0.3) is 10.9 Å². The minimum atomic E-state index is -1.61. The standard InChI is InChI=1S/C19H27BN4O5.C14H25BN2O6.C13H25BN4O6.C13H25BN2O6/c21-15(8-12-9-23-16-6-2-1-5-14(12)16)17(25)24-10-13(4-3-7-20(28)29)19(22,11-24)18(26)27;16-14(13(19)20)9-17(7-11(14)4-1-5-15(21)22)12(18)10-3-2-6-23-8-10;15-9(3-4-10(16)19)11(20)18-6-8(2-1-5-14(23)24)13(17,7-18)12(21)22;1-2-9(7-17)11(18)16-6-10(4-3-5-14(21)22)13(15,8-16)12(19)20/h1-2,5-6,9,13,15,23,28-29H,3-4,7-8,10-11,21-22H2,(H,26,27);10-11,21-22H,1-9,16H2,(H,19,20);8-9,23-24H,1-7,15,17H2,(H2,16,19)(H,21,22);9-10,17,21-22H,2-8,15H2,1H3,(H,19,20)/t13-,15-,19-;10-,11-,14-;8-,9-,13-;9-,10-,13-/m0000/s1. The quantitative estimate of drug-likeness (QED) is 0.0313. The number of aliphatic hydroxyl groups excluding tert-OH is 1. The molecule has 6 heterocycles. The predicted octanol–water partition coefficient (Wildman–Crippen LogP) is -5.99. The number of carbonyl (C=O) groups excluding carboxylic acids is 5. The maximum atomic E-state index is 12.9. The van der Waals surface area contributed by atoms with Gasteiger partial charge in [0.1, 0.15) is 22.2 Å². The first-order chi connectivity index (χ1) is 45.9. The molecule has 0 bridgehead atoms. The Morgan fingerprint density at radius 3 is 1.32 bits per heavy atom. The largest absolute Gasteiger partial charge is 0.480 e. The van der Waals surface area contributed by atoms with Gasteiger partial charge in [0.05, 0.1) is 37.1 Å². The van der Waals surface area contributed by atoms with Crippen molar-refractivity contribution in [2.75, 3.05) is 72.2 Å². The number of aliphatic carboxylic acids is 4. The van der Waals surface area contributed by atoms with Crippen LogP contribution in [0.2, 0.25) is 25.3 Å². The molecule has 0 unspecified atom stereocenters. The molecule has 5 aliphatic rings. The van der Waals surface area contributed by atoms with Gasteiger partial charge in [-0.15, -0.1) is 0 Å².